The Balaban J connectivity index is 1.83. The molecule has 31 heavy (non-hydrogen) atoms. The third-order valence-corrected chi connectivity index (χ3v) is 6.42. The van der Waals surface area contributed by atoms with Crippen LogP contribution in [0.5, 0.6) is 0 Å². The van der Waals surface area contributed by atoms with Gasteiger partial charge < -0.3 is 10.6 Å². The van der Waals surface area contributed by atoms with Crippen LogP contribution >= 0.6 is 0 Å². The Labute approximate surface area is 181 Å². The third kappa shape index (κ3) is 5.17. The molecule has 2 N–H and O–H groups in total. The molecule has 3 aromatic carbocycles. The molecule has 0 aliphatic heterocycles. The normalized spacial score (nSPS) is 11.2. The van der Waals surface area contributed by atoms with Gasteiger partial charge in [0.1, 0.15) is 0 Å². The van der Waals surface area contributed by atoms with Crippen LogP contribution in [0.4, 0.5) is 11.4 Å². The Morgan fingerprint density at radius 3 is 2.16 bits per heavy atom. The van der Waals surface area contributed by atoms with Crippen LogP contribution in [0, 0.1) is 6.92 Å². The van der Waals surface area contributed by atoms with E-state index in [0.717, 1.165) is 9.87 Å². The lowest BCUT2D eigenvalue weighted by Crippen LogP contribution is -2.23. The van der Waals surface area contributed by atoms with E-state index in [2.05, 4.69) is 10.6 Å². The molecule has 0 saturated carbocycles. The van der Waals surface area contributed by atoms with Crippen LogP contribution in [0.15, 0.2) is 77.7 Å². The lowest BCUT2D eigenvalue weighted by atomic mass is 10.1. The van der Waals surface area contributed by atoms with Gasteiger partial charge in [0.25, 0.3) is 11.8 Å². The Morgan fingerprint density at radius 2 is 1.48 bits per heavy atom. The number of amides is 2. The van der Waals surface area contributed by atoms with Gasteiger partial charge in [0.05, 0.1) is 16.1 Å². The fraction of sp³-hybridized carbons (Fsp3) is 0.130. The number of rotatable bonds is 6. The van der Waals surface area contributed by atoms with Crippen LogP contribution in [0.2, 0.25) is 0 Å². The zero-order valence-corrected chi connectivity index (χ0v) is 18.2. The molecule has 0 saturated heterocycles. The Hall–Kier alpha value is -3.49. The van der Waals surface area contributed by atoms with Gasteiger partial charge in [-0.1, -0.05) is 35.9 Å². The molecule has 0 aromatic heterocycles. The number of hydrogen-bond donors (Lipinski definition) is 2. The largest absolute Gasteiger partial charge is 0.322 e. The minimum absolute atomic E-state index is 0.00977. The molecular formula is C23H23N3O4S. The summed E-state index contributed by atoms with van der Waals surface area (Å²) in [6.07, 6.45) is 0. The quantitative estimate of drug-likeness (QED) is 0.614. The zero-order valence-electron chi connectivity index (χ0n) is 17.4. The van der Waals surface area contributed by atoms with Crippen molar-refractivity contribution in [2.24, 2.45) is 0 Å². The summed E-state index contributed by atoms with van der Waals surface area (Å²) in [4.78, 5) is 25.5. The molecule has 8 heteroatoms. The second-order valence-corrected chi connectivity index (χ2v) is 9.29. The summed E-state index contributed by atoms with van der Waals surface area (Å²) in [5.41, 5.74) is 2.48. The highest BCUT2D eigenvalue weighted by Crippen LogP contribution is 2.20. The van der Waals surface area contributed by atoms with E-state index in [1.807, 2.05) is 19.1 Å². The number of nitrogens with one attached hydrogen (secondary N) is 2. The first kappa shape index (κ1) is 22.2. The highest BCUT2D eigenvalue weighted by Gasteiger charge is 2.20. The zero-order chi connectivity index (χ0) is 22.6. The van der Waals surface area contributed by atoms with Crippen molar-refractivity contribution in [1.82, 2.24) is 4.31 Å². The minimum Gasteiger partial charge on any atom is -0.322 e. The first-order chi connectivity index (χ1) is 14.7. The Morgan fingerprint density at radius 1 is 0.806 bits per heavy atom. The molecule has 0 radical (unpaired) electrons. The molecule has 2 amide bonds. The lowest BCUT2D eigenvalue weighted by molar-refractivity contribution is 0.102. The highest BCUT2D eigenvalue weighted by atomic mass is 32.2. The molecule has 0 unspecified atom stereocenters. The number of carbonyl (C=O) groups excluding carboxylic acids is 2. The van der Waals surface area contributed by atoms with Crippen molar-refractivity contribution in [3.63, 3.8) is 0 Å². The van der Waals surface area contributed by atoms with Crippen molar-refractivity contribution >= 4 is 33.2 Å². The number of anilines is 2. The summed E-state index contributed by atoms with van der Waals surface area (Å²) in [5.74, 6) is -0.893. The van der Waals surface area contributed by atoms with Gasteiger partial charge in [0, 0.05) is 25.3 Å². The van der Waals surface area contributed by atoms with Gasteiger partial charge in [-0.3, -0.25) is 9.59 Å². The van der Waals surface area contributed by atoms with E-state index >= 15 is 0 Å². The number of nitrogens with zero attached hydrogens (tertiary/aromatic N) is 1. The third-order valence-electron chi connectivity index (χ3n) is 4.60. The molecule has 0 atom stereocenters. The first-order valence-corrected chi connectivity index (χ1v) is 10.9. The first-order valence-electron chi connectivity index (χ1n) is 9.49. The van der Waals surface area contributed by atoms with E-state index in [1.54, 1.807) is 36.4 Å². The van der Waals surface area contributed by atoms with E-state index in [4.69, 9.17) is 0 Å². The highest BCUT2D eigenvalue weighted by molar-refractivity contribution is 7.89. The van der Waals surface area contributed by atoms with Crippen LogP contribution in [-0.2, 0) is 10.0 Å². The van der Waals surface area contributed by atoms with Crippen LogP contribution in [0.3, 0.4) is 0 Å². The summed E-state index contributed by atoms with van der Waals surface area (Å²) < 4.78 is 25.8. The second-order valence-electron chi connectivity index (χ2n) is 7.14. The summed E-state index contributed by atoms with van der Waals surface area (Å²) in [6.45, 7) is 1.95. The SMILES string of the molecule is Cc1ccc(NC(=O)c2ccccc2NC(=O)c2cccc(S(=O)(=O)N(C)C)c2)cc1. The molecule has 7 nitrogen and oxygen atoms in total. The Kier molecular flexibility index (Phi) is 6.53. The van der Waals surface area contributed by atoms with E-state index in [0.29, 0.717) is 11.4 Å². The van der Waals surface area contributed by atoms with Crippen LogP contribution in [0.1, 0.15) is 26.3 Å². The molecule has 3 rings (SSSR count). The van der Waals surface area contributed by atoms with Gasteiger partial charge in [0.2, 0.25) is 10.0 Å². The molecule has 160 valence electrons. The maximum atomic E-state index is 12.8. The van der Waals surface area contributed by atoms with Gasteiger partial charge in [-0.05, 0) is 49.4 Å². The van der Waals surface area contributed by atoms with Crippen LogP contribution in [0.25, 0.3) is 0 Å². The molecule has 0 bridgehead atoms. The van der Waals surface area contributed by atoms with Crippen molar-refractivity contribution < 1.29 is 18.0 Å². The van der Waals surface area contributed by atoms with Crippen molar-refractivity contribution in [2.45, 2.75) is 11.8 Å². The molecule has 0 fully saturated rings. The van der Waals surface area contributed by atoms with Crippen molar-refractivity contribution in [3.05, 3.63) is 89.5 Å². The van der Waals surface area contributed by atoms with Gasteiger partial charge in [-0.25, -0.2) is 12.7 Å². The van der Waals surface area contributed by atoms with Crippen molar-refractivity contribution in [2.75, 3.05) is 24.7 Å². The van der Waals surface area contributed by atoms with Crippen LogP contribution < -0.4 is 10.6 Å². The summed E-state index contributed by atoms with van der Waals surface area (Å²) >= 11 is 0. The maximum Gasteiger partial charge on any atom is 0.257 e. The second kappa shape index (κ2) is 9.11. The van der Waals surface area contributed by atoms with E-state index in [9.17, 15) is 18.0 Å². The van der Waals surface area contributed by atoms with Gasteiger partial charge in [0.15, 0.2) is 0 Å². The van der Waals surface area contributed by atoms with Crippen molar-refractivity contribution in [3.8, 4) is 0 Å². The minimum atomic E-state index is -3.68. The van der Waals surface area contributed by atoms with Gasteiger partial charge >= 0.3 is 0 Å². The fourth-order valence-corrected chi connectivity index (χ4v) is 3.78. The summed E-state index contributed by atoms with van der Waals surface area (Å²) in [5, 5.41) is 5.51. The van der Waals surface area contributed by atoms with E-state index in [-0.39, 0.29) is 21.9 Å². The number of aryl methyl sites for hydroxylation is 1. The van der Waals surface area contributed by atoms with E-state index < -0.39 is 15.9 Å². The van der Waals surface area contributed by atoms with Crippen molar-refractivity contribution in [1.29, 1.82) is 0 Å². The molecular weight excluding hydrogens is 414 g/mol. The number of benzene rings is 3. The van der Waals surface area contributed by atoms with Gasteiger partial charge in [-0.2, -0.15) is 0 Å². The van der Waals surface area contributed by atoms with E-state index in [1.165, 1.54) is 38.4 Å². The monoisotopic (exact) mass is 437 g/mol. The average molecular weight is 438 g/mol. The number of para-hydroxylation sites is 1. The fourth-order valence-electron chi connectivity index (χ4n) is 2.83. The summed E-state index contributed by atoms with van der Waals surface area (Å²) in [6, 6.07) is 19.7. The molecule has 0 aliphatic carbocycles. The Bertz CT molecular complexity index is 1220. The van der Waals surface area contributed by atoms with Crippen LogP contribution in [-0.4, -0.2) is 38.6 Å². The molecule has 0 spiro atoms. The maximum absolute atomic E-state index is 12.8. The molecule has 0 heterocycles. The van der Waals surface area contributed by atoms with Gasteiger partial charge in [-0.15, -0.1) is 0 Å². The smallest absolute Gasteiger partial charge is 0.257 e. The molecule has 0 aliphatic rings. The lowest BCUT2D eigenvalue weighted by Gasteiger charge is -2.14. The number of carbonyl (C=O) groups is 2. The number of hydrogen-bond acceptors (Lipinski definition) is 4. The average Bonchev–Trinajstić information content (AvgIpc) is 2.75. The summed E-state index contributed by atoms with van der Waals surface area (Å²) in [7, 11) is -0.833. The topological polar surface area (TPSA) is 95.6 Å². The standard InChI is InChI=1S/C23H23N3O4S/c1-16-11-13-18(14-12-16)24-23(28)20-9-4-5-10-21(20)25-22(27)17-7-6-8-19(15-17)31(29,30)26(2)3/h4-15H,1-3H3,(H,24,28)(H,25,27). The number of sulfonamides is 1. The predicted octanol–water partition coefficient (Wildman–Crippen LogP) is 3.75. The predicted molar refractivity (Wildman–Crippen MR) is 121 cm³/mol. The molecule has 3 aromatic rings.